The summed E-state index contributed by atoms with van der Waals surface area (Å²) in [5.41, 5.74) is 3.72. The van der Waals surface area contributed by atoms with Gasteiger partial charge in [0.05, 0.1) is 17.9 Å². The summed E-state index contributed by atoms with van der Waals surface area (Å²) in [6, 6.07) is 0.621. The van der Waals surface area contributed by atoms with Crippen LogP contribution in [0.3, 0.4) is 0 Å². The number of aromatic nitrogens is 3. The third kappa shape index (κ3) is 1.61. The van der Waals surface area contributed by atoms with E-state index in [9.17, 15) is 0 Å². The molecule has 0 aromatic carbocycles. The molecule has 2 atom stereocenters. The minimum atomic E-state index is 0.242. The van der Waals surface area contributed by atoms with Crippen LogP contribution in [0, 0.1) is 0 Å². The van der Waals surface area contributed by atoms with Crippen LogP contribution < -0.4 is 15.5 Å². The molecule has 1 aromatic rings. The summed E-state index contributed by atoms with van der Waals surface area (Å²) in [7, 11) is 2.14. The normalized spacial score (nSPS) is 26.8. The van der Waals surface area contributed by atoms with E-state index < -0.39 is 0 Å². The van der Waals surface area contributed by atoms with Crippen molar-refractivity contribution in [3.63, 3.8) is 0 Å². The zero-order chi connectivity index (χ0) is 13.9. The van der Waals surface area contributed by atoms with Crippen LogP contribution in [0.15, 0.2) is 4.99 Å². The van der Waals surface area contributed by atoms with Crippen LogP contribution in [-0.4, -0.2) is 40.1 Å². The predicted molar refractivity (Wildman–Crippen MR) is 75.0 cm³/mol. The second-order valence-electron chi connectivity index (χ2n) is 5.90. The van der Waals surface area contributed by atoms with Gasteiger partial charge in [-0.3, -0.25) is 9.89 Å². The highest BCUT2D eigenvalue weighted by atomic mass is 15.5. The van der Waals surface area contributed by atoms with E-state index in [1.54, 1.807) is 0 Å². The first-order chi connectivity index (χ1) is 8.91. The minimum Gasteiger partial charge on any atom is -0.273 e. The number of rotatable bonds is 1. The van der Waals surface area contributed by atoms with Gasteiger partial charge in [0.15, 0.2) is 5.35 Å². The van der Waals surface area contributed by atoms with Crippen molar-refractivity contribution in [3.05, 3.63) is 10.7 Å². The molecule has 0 radical (unpaired) electrons. The molecule has 2 unspecified atom stereocenters. The molecule has 0 saturated heterocycles. The van der Waals surface area contributed by atoms with E-state index in [1.165, 1.54) is 16.9 Å². The summed E-state index contributed by atoms with van der Waals surface area (Å²) in [6.07, 6.45) is 0.242. The van der Waals surface area contributed by atoms with Crippen molar-refractivity contribution in [1.29, 1.82) is 0 Å². The van der Waals surface area contributed by atoms with Gasteiger partial charge in [0.1, 0.15) is 5.35 Å². The lowest BCUT2D eigenvalue weighted by Crippen LogP contribution is -2.46. The quantitative estimate of drug-likeness (QED) is 0.707. The van der Waals surface area contributed by atoms with Gasteiger partial charge in [-0.15, -0.1) is 5.10 Å². The van der Waals surface area contributed by atoms with Crippen LogP contribution >= 0.6 is 0 Å². The van der Waals surface area contributed by atoms with Crippen LogP contribution in [0.25, 0.3) is 11.1 Å². The molecule has 1 aliphatic carbocycles. The van der Waals surface area contributed by atoms with Crippen LogP contribution in [-0.2, 0) is 0 Å². The number of nitrogens with one attached hydrogen (secondary N) is 1. The van der Waals surface area contributed by atoms with Gasteiger partial charge in [-0.1, -0.05) is 0 Å². The average Bonchev–Trinajstić information content (AvgIpc) is 2.91. The number of hydrogen-bond acceptors (Lipinski definition) is 3. The number of aliphatic imine (C=N–C) groups is 1. The van der Waals surface area contributed by atoms with Crippen molar-refractivity contribution in [2.75, 3.05) is 7.05 Å². The number of aromatic amines is 1. The zero-order valence-electron chi connectivity index (χ0n) is 12.5. The number of fused-ring (bicyclic) bond motifs is 2. The molecule has 1 aromatic heterocycles. The Kier molecular flexibility index (Phi) is 2.64. The molecule has 1 N–H and O–H groups in total. The van der Waals surface area contributed by atoms with E-state index >= 15 is 0 Å². The van der Waals surface area contributed by atoms with Gasteiger partial charge in [-0.25, -0.2) is 0 Å². The van der Waals surface area contributed by atoms with Crippen LogP contribution in [0.2, 0.25) is 0 Å². The molecule has 3 rings (SSSR count). The Morgan fingerprint density at radius 1 is 1.32 bits per heavy atom. The molecule has 0 spiro atoms. The monoisotopic (exact) mass is 260 g/mol. The summed E-state index contributed by atoms with van der Waals surface area (Å²) in [4.78, 5) is 9.05. The Morgan fingerprint density at radius 2 is 2.00 bits per heavy atom. The number of hydrogen-bond donors (Lipinski definition) is 1. The standard InChI is InChI=1S/C14H22N5/c1-7(2)19-16-11-8(3)13-14(9(4)12(11)17-19)18(6)10(5)15-13/h7,10,14H,1-6H3,(H,16,17)/q+1. The lowest BCUT2D eigenvalue weighted by molar-refractivity contribution is -0.820. The molecule has 1 aliphatic heterocycles. The second kappa shape index (κ2) is 4.00. The summed E-state index contributed by atoms with van der Waals surface area (Å²) in [6.45, 7) is 10.7. The molecule has 5 nitrogen and oxygen atoms in total. The van der Waals surface area contributed by atoms with Crippen molar-refractivity contribution in [2.45, 2.75) is 52.9 Å². The van der Waals surface area contributed by atoms with Gasteiger partial charge >= 0.3 is 0 Å². The molecule has 5 heteroatoms. The first-order valence-electron chi connectivity index (χ1n) is 6.91. The van der Waals surface area contributed by atoms with Gasteiger partial charge in [-0.2, -0.15) is 0 Å². The summed E-state index contributed by atoms with van der Waals surface area (Å²) in [5, 5.41) is 10.3. The fourth-order valence-corrected chi connectivity index (χ4v) is 2.97. The van der Waals surface area contributed by atoms with Crippen molar-refractivity contribution < 1.29 is 4.80 Å². The van der Waals surface area contributed by atoms with Crippen LogP contribution in [0.4, 0.5) is 0 Å². The smallest absolute Gasteiger partial charge is 0.204 e. The highest BCUT2D eigenvalue weighted by Crippen LogP contribution is 2.25. The molecule has 102 valence electrons. The van der Waals surface area contributed by atoms with Crippen LogP contribution in [0.1, 0.15) is 40.7 Å². The average molecular weight is 260 g/mol. The van der Waals surface area contributed by atoms with Gasteiger partial charge in [0.2, 0.25) is 6.04 Å². The molecule has 2 aliphatic rings. The second-order valence-corrected chi connectivity index (χ2v) is 5.90. The molecule has 0 fully saturated rings. The molecule has 0 saturated carbocycles. The topological polar surface area (TPSA) is 48.2 Å². The van der Waals surface area contributed by atoms with Crippen molar-refractivity contribution in [3.8, 4) is 0 Å². The Morgan fingerprint density at radius 3 is 2.63 bits per heavy atom. The molecule has 0 amide bonds. The largest absolute Gasteiger partial charge is 0.273 e. The Labute approximate surface area is 113 Å². The highest BCUT2D eigenvalue weighted by molar-refractivity contribution is 6.25. The van der Waals surface area contributed by atoms with Gasteiger partial charge < -0.3 is 0 Å². The lowest BCUT2D eigenvalue weighted by atomic mass is 9.93. The Hall–Kier alpha value is -1.49. The first-order valence-corrected chi connectivity index (χ1v) is 6.91. The fourth-order valence-electron chi connectivity index (χ4n) is 2.97. The maximum atomic E-state index is 4.80. The van der Waals surface area contributed by atoms with E-state index in [4.69, 9.17) is 10.1 Å². The maximum Gasteiger partial charge on any atom is 0.204 e. The van der Waals surface area contributed by atoms with E-state index in [-0.39, 0.29) is 12.2 Å². The van der Waals surface area contributed by atoms with Crippen LogP contribution in [0.5, 0.6) is 0 Å². The van der Waals surface area contributed by atoms with Gasteiger partial charge in [-0.05, 0) is 38.2 Å². The van der Waals surface area contributed by atoms with Crippen molar-refractivity contribution >= 4 is 16.9 Å². The van der Waals surface area contributed by atoms with Crippen molar-refractivity contribution in [1.82, 2.24) is 15.1 Å². The molecule has 0 bridgehead atoms. The predicted octanol–water partition coefficient (Wildman–Crippen LogP) is -0.266. The first kappa shape index (κ1) is 12.5. The molecular weight excluding hydrogens is 238 g/mol. The summed E-state index contributed by atoms with van der Waals surface area (Å²) in [5.74, 6) is 0. The van der Waals surface area contributed by atoms with Gasteiger partial charge in [0.25, 0.3) is 0 Å². The third-order valence-electron chi connectivity index (χ3n) is 4.28. The number of nitrogens with zero attached hydrogens (tertiary/aromatic N) is 4. The lowest BCUT2D eigenvalue weighted by Gasteiger charge is -2.25. The maximum absolute atomic E-state index is 4.80. The van der Waals surface area contributed by atoms with E-state index in [2.05, 4.69) is 51.7 Å². The third-order valence-corrected chi connectivity index (χ3v) is 4.28. The zero-order valence-corrected chi connectivity index (χ0v) is 12.5. The van der Waals surface area contributed by atoms with Gasteiger partial charge in [0, 0.05) is 24.5 Å². The molecule has 19 heavy (non-hydrogen) atoms. The molecule has 2 heterocycles. The summed E-state index contributed by atoms with van der Waals surface area (Å²) < 4.78 is 0. The van der Waals surface area contributed by atoms with E-state index in [1.807, 2.05) is 4.80 Å². The Bertz CT molecular complexity index is 679. The van der Waals surface area contributed by atoms with Crippen molar-refractivity contribution in [2.24, 2.45) is 4.99 Å². The highest BCUT2D eigenvalue weighted by Gasteiger charge is 2.37. The fraction of sp³-hybridized carbons (Fsp3) is 0.643. The number of H-pyrrole nitrogens is 1. The summed E-state index contributed by atoms with van der Waals surface area (Å²) >= 11 is 0. The van der Waals surface area contributed by atoms with E-state index in [0.717, 1.165) is 10.7 Å². The Balaban J connectivity index is 2.33. The molecular formula is C14H22N5+. The SMILES string of the molecule is CC1=c2n[n+](C(C)C)[nH]c2=C(C)C2=NC(C)N(C)C21. The minimum absolute atomic E-state index is 0.242. The van der Waals surface area contributed by atoms with E-state index in [0.29, 0.717) is 6.04 Å².